The molecule has 0 saturated heterocycles. The van der Waals surface area contributed by atoms with Gasteiger partial charge in [0.1, 0.15) is 0 Å². The average molecular weight is 1100 g/mol. The molecule has 0 N–H and O–H groups in total. The Labute approximate surface area is 500 Å². The molecule has 0 atom stereocenters. The number of para-hydroxylation sites is 2. The van der Waals surface area contributed by atoms with E-state index < -0.39 is 0 Å². The zero-order valence-corrected chi connectivity index (χ0v) is 47.8. The summed E-state index contributed by atoms with van der Waals surface area (Å²) in [4.78, 5) is 4.91. The molecule has 0 spiro atoms. The molecule has 0 amide bonds. The monoisotopic (exact) mass is 1100 g/mol. The van der Waals surface area contributed by atoms with Crippen LogP contribution >= 0.6 is 0 Å². The highest BCUT2D eigenvalue weighted by Gasteiger charge is 2.25. The first-order valence-electron chi connectivity index (χ1n) is 29.6. The summed E-state index contributed by atoms with van der Waals surface area (Å²) in [5, 5.41) is 9.53. The molecule has 14 aromatic carbocycles. The Morgan fingerprint density at radius 1 is 0.221 bits per heavy atom. The van der Waals surface area contributed by atoms with Gasteiger partial charge in [-0.2, -0.15) is 0 Å². The van der Waals surface area contributed by atoms with Gasteiger partial charge in [0.05, 0.1) is 27.8 Å². The van der Waals surface area contributed by atoms with Crippen molar-refractivity contribution in [3.63, 3.8) is 0 Å². The van der Waals surface area contributed by atoms with Crippen molar-refractivity contribution < 1.29 is 0 Å². The van der Waals surface area contributed by atoms with Gasteiger partial charge < -0.3 is 18.9 Å². The third kappa shape index (κ3) is 8.61. The van der Waals surface area contributed by atoms with Gasteiger partial charge in [-0.3, -0.25) is 0 Å². The van der Waals surface area contributed by atoms with Crippen molar-refractivity contribution in [2.24, 2.45) is 0 Å². The zero-order chi connectivity index (χ0) is 57.2. The Morgan fingerprint density at radius 3 is 0.965 bits per heavy atom. The fourth-order valence-electron chi connectivity index (χ4n) is 13.3. The van der Waals surface area contributed by atoms with Crippen LogP contribution < -0.4 is 9.80 Å². The van der Waals surface area contributed by atoms with Gasteiger partial charge >= 0.3 is 0 Å². The Kier molecular flexibility index (Phi) is 12.3. The highest BCUT2D eigenvalue weighted by atomic mass is 15.2. The molecule has 16 aromatic rings. The van der Waals surface area contributed by atoms with Crippen LogP contribution in [0.3, 0.4) is 0 Å². The van der Waals surface area contributed by atoms with Gasteiger partial charge in [0.2, 0.25) is 0 Å². The quantitative estimate of drug-likeness (QED) is 0.120. The molecule has 0 aliphatic carbocycles. The van der Waals surface area contributed by atoms with Crippen LogP contribution in [0.5, 0.6) is 0 Å². The maximum Gasteiger partial charge on any atom is 0.0618 e. The smallest absolute Gasteiger partial charge is 0.0618 e. The SMILES string of the molecule is Cc1ccc(-n2c3ccccc3c3cc(N(c4ccc(-c5ccccc5)cc4)c4ccc(-c5c6ccccc6c(N(c6ccc(-c7ccccc7)cc6)c6ccc7c(c6)c6ccccc6n7-c6ccc(C)cc6)c6ccccc56)cc4)ccc32)cc1. The summed E-state index contributed by atoms with van der Waals surface area (Å²) >= 11 is 0. The van der Waals surface area contributed by atoms with Crippen LogP contribution in [0.1, 0.15) is 11.1 Å². The van der Waals surface area contributed by atoms with Crippen LogP contribution in [0.4, 0.5) is 34.1 Å². The molecule has 2 heterocycles. The van der Waals surface area contributed by atoms with Crippen molar-refractivity contribution >= 4 is 99.3 Å². The molecule has 0 saturated carbocycles. The van der Waals surface area contributed by atoms with E-state index in [-0.39, 0.29) is 0 Å². The van der Waals surface area contributed by atoms with E-state index in [1.165, 1.54) is 93.3 Å². The van der Waals surface area contributed by atoms with E-state index in [0.717, 1.165) is 61.8 Å². The van der Waals surface area contributed by atoms with Crippen molar-refractivity contribution in [2.75, 3.05) is 9.80 Å². The molecule has 16 rings (SSSR count). The number of nitrogens with zero attached hydrogens (tertiary/aromatic N) is 4. The zero-order valence-electron chi connectivity index (χ0n) is 47.8. The molecule has 0 aliphatic heterocycles. The number of aromatic nitrogens is 2. The Balaban J connectivity index is 0.865. The largest absolute Gasteiger partial charge is 0.310 e. The van der Waals surface area contributed by atoms with Gasteiger partial charge in [-0.25, -0.2) is 0 Å². The number of benzene rings is 14. The van der Waals surface area contributed by atoms with E-state index in [1.54, 1.807) is 0 Å². The van der Waals surface area contributed by atoms with Crippen molar-refractivity contribution in [1.82, 2.24) is 9.13 Å². The molecule has 0 aliphatic rings. The first-order chi connectivity index (χ1) is 42.5. The Hall–Kier alpha value is -11.2. The van der Waals surface area contributed by atoms with Crippen LogP contribution in [0, 0.1) is 13.8 Å². The lowest BCUT2D eigenvalue weighted by atomic mass is 9.89. The predicted octanol–water partition coefficient (Wildman–Crippen LogP) is 22.7. The second-order valence-electron chi connectivity index (χ2n) is 22.6. The molecule has 4 heteroatoms. The molecule has 86 heavy (non-hydrogen) atoms. The summed E-state index contributed by atoms with van der Waals surface area (Å²) in [5.41, 5.74) is 23.1. The number of rotatable bonds is 11. The normalized spacial score (nSPS) is 11.6. The minimum Gasteiger partial charge on any atom is -0.310 e. The fraction of sp³-hybridized carbons (Fsp3) is 0.0244. The number of anilines is 6. The van der Waals surface area contributed by atoms with Crippen LogP contribution in [-0.2, 0) is 0 Å². The van der Waals surface area contributed by atoms with E-state index in [4.69, 9.17) is 0 Å². The lowest BCUT2D eigenvalue weighted by Crippen LogP contribution is -2.12. The first-order valence-corrected chi connectivity index (χ1v) is 29.6. The standard InChI is InChI=1S/C82H58N4/c1-55-29-39-65(40-30-55)85-77-27-15-13-21-69(77)75-53-67(49-51-79(75)85)83(62-43-33-59(34-44-62)57-17-5-3-6-18-57)63-47-37-61(38-48-63)81-71-23-9-11-25-73(71)82(74-26-12-10-24-72(74)81)84(64-45-35-60(36-46-64)58-19-7-4-8-20-58)68-50-52-80-76(54-68)70-22-14-16-28-78(70)86(80)66-41-31-56(2)32-42-66/h3-54H,1-2H3. The van der Waals surface area contributed by atoms with Gasteiger partial charge in [0.25, 0.3) is 0 Å². The van der Waals surface area contributed by atoms with Crippen molar-refractivity contribution in [2.45, 2.75) is 13.8 Å². The summed E-state index contributed by atoms with van der Waals surface area (Å²) in [7, 11) is 0. The van der Waals surface area contributed by atoms with Gasteiger partial charge in [-0.1, -0.05) is 217 Å². The lowest BCUT2D eigenvalue weighted by molar-refractivity contribution is 1.17. The van der Waals surface area contributed by atoms with Crippen LogP contribution in [-0.4, -0.2) is 9.13 Å². The number of hydrogen-bond acceptors (Lipinski definition) is 2. The molecule has 0 fully saturated rings. The van der Waals surface area contributed by atoms with Gasteiger partial charge in [0.15, 0.2) is 0 Å². The molecule has 406 valence electrons. The van der Waals surface area contributed by atoms with Crippen molar-refractivity contribution in [3.05, 3.63) is 327 Å². The number of hydrogen-bond donors (Lipinski definition) is 0. The minimum absolute atomic E-state index is 1.07. The summed E-state index contributed by atoms with van der Waals surface area (Å²) in [5.74, 6) is 0. The van der Waals surface area contributed by atoms with Crippen molar-refractivity contribution in [3.8, 4) is 44.8 Å². The fourth-order valence-corrected chi connectivity index (χ4v) is 13.3. The molecule has 0 radical (unpaired) electrons. The second-order valence-corrected chi connectivity index (χ2v) is 22.6. The van der Waals surface area contributed by atoms with Gasteiger partial charge in [-0.15, -0.1) is 0 Å². The number of aryl methyl sites for hydroxylation is 2. The molecule has 0 unspecified atom stereocenters. The van der Waals surface area contributed by atoms with Crippen molar-refractivity contribution in [1.29, 1.82) is 0 Å². The van der Waals surface area contributed by atoms with Gasteiger partial charge in [-0.05, 0) is 167 Å². The molecule has 4 nitrogen and oxygen atoms in total. The van der Waals surface area contributed by atoms with Crippen LogP contribution in [0.15, 0.2) is 315 Å². The summed E-state index contributed by atoms with van der Waals surface area (Å²) < 4.78 is 4.80. The van der Waals surface area contributed by atoms with Gasteiger partial charge in [0, 0.05) is 72.1 Å². The maximum absolute atomic E-state index is 2.50. The third-order valence-corrected chi connectivity index (χ3v) is 17.4. The Morgan fingerprint density at radius 2 is 0.535 bits per heavy atom. The minimum atomic E-state index is 1.07. The van der Waals surface area contributed by atoms with Crippen LogP contribution in [0.2, 0.25) is 0 Å². The predicted molar refractivity (Wildman–Crippen MR) is 365 cm³/mol. The first kappa shape index (κ1) is 50.5. The summed E-state index contributed by atoms with van der Waals surface area (Å²) in [6.45, 7) is 4.29. The van der Waals surface area contributed by atoms with E-state index in [2.05, 4.69) is 348 Å². The van der Waals surface area contributed by atoms with E-state index in [9.17, 15) is 0 Å². The second kappa shape index (κ2) is 20.9. The summed E-state index contributed by atoms with van der Waals surface area (Å²) in [6, 6.07) is 116. The van der Waals surface area contributed by atoms with E-state index in [0.29, 0.717) is 0 Å². The highest BCUT2D eigenvalue weighted by Crippen LogP contribution is 2.50. The average Bonchev–Trinajstić information content (AvgIpc) is 1.27. The van der Waals surface area contributed by atoms with Crippen LogP contribution in [0.25, 0.3) is 110 Å². The molecular weight excluding hydrogens is 1040 g/mol. The third-order valence-electron chi connectivity index (χ3n) is 17.4. The highest BCUT2D eigenvalue weighted by molar-refractivity contribution is 6.23. The topological polar surface area (TPSA) is 16.3 Å². The maximum atomic E-state index is 2.50. The van der Waals surface area contributed by atoms with E-state index in [1.807, 2.05) is 0 Å². The lowest BCUT2D eigenvalue weighted by Gasteiger charge is -2.30. The summed E-state index contributed by atoms with van der Waals surface area (Å²) in [6.07, 6.45) is 0. The Bertz CT molecular complexity index is 5140. The van der Waals surface area contributed by atoms with E-state index >= 15 is 0 Å². The molecule has 0 bridgehead atoms. The molecular formula is C82H58N4. The molecule has 2 aromatic heterocycles. The number of fused-ring (bicyclic) bond motifs is 8.